The zero-order valence-corrected chi connectivity index (χ0v) is 13.2. The number of carboxylic acids is 1. The summed E-state index contributed by atoms with van der Waals surface area (Å²) in [6, 6.07) is 5.27. The van der Waals surface area contributed by atoms with Gasteiger partial charge in [-0.15, -0.1) is 0 Å². The Morgan fingerprint density at radius 1 is 1.32 bits per heavy atom. The van der Waals surface area contributed by atoms with Gasteiger partial charge in [0.05, 0.1) is 6.61 Å². The van der Waals surface area contributed by atoms with Crippen molar-refractivity contribution in [1.29, 1.82) is 0 Å². The van der Waals surface area contributed by atoms with E-state index in [0.717, 1.165) is 12.2 Å². The van der Waals surface area contributed by atoms with Crippen LogP contribution in [-0.2, 0) is 9.59 Å². The Bertz CT molecular complexity index is 556. The van der Waals surface area contributed by atoms with Crippen LogP contribution in [0.3, 0.4) is 0 Å². The molecule has 0 aromatic heterocycles. The molecule has 0 bridgehead atoms. The SMILES string of the molecule is Cc1ccc(OCCCC(=O)N2CCC[C@@H]2C(=O)O)cc1C. The van der Waals surface area contributed by atoms with Crippen LogP contribution < -0.4 is 4.74 Å². The summed E-state index contributed by atoms with van der Waals surface area (Å²) in [4.78, 5) is 24.6. The van der Waals surface area contributed by atoms with E-state index >= 15 is 0 Å². The normalized spacial score (nSPS) is 17.5. The molecule has 1 heterocycles. The van der Waals surface area contributed by atoms with Crippen molar-refractivity contribution in [2.45, 2.75) is 45.6 Å². The average molecular weight is 305 g/mol. The van der Waals surface area contributed by atoms with Gasteiger partial charge >= 0.3 is 5.97 Å². The molecule has 1 atom stereocenters. The number of benzene rings is 1. The summed E-state index contributed by atoms with van der Waals surface area (Å²) in [5.74, 6) is -0.189. The monoisotopic (exact) mass is 305 g/mol. The minimum atomic E-state index is -0.905. The number of carbonyl (C=O) groups is 2. The molecule has 5 heteroatoms. The van der Waals surface area contributed by atoms with Crippen LogP contribution in [0.15, 0.2) is 18.2 Å². The van der Waals surface area contributed by atoms with Gasteiger partial charge < -0.3 is 14.7 Å². The molecular weight excluding hydrogens is 282 g/mol. The van der Waals surface area contributed by atoms with Gasteiger partial charge in [-0.2, -0.15) is 0 Å². The first-order valence-electron chi connectivity index (χ1n) is 7.71. The van der Waals surface area contributed by atoms with Gasteiger partial charge in [0.1, 0.15) is 11.8 Å². The molecule has 1 aliphatic heterocycles. The van der Waals surface area contributed by atoms with Crippen molar-refractivity contribution in [2.75, 3.05) is 13.2 Å². The zero-order valence-electron chi connectivity index (χ0n) is 13.2. The van der Waals surface area contributed by atoms with Gasteiger partial charge in [0.15, 0.2) is 0 Å². The number of ether oxygens (including phenoxy) is 1. The summed E-state index contributed by atoms with van der Waals surface area (Å²) in [7, 11) is 0. The number of carbonyl (C=O) groups excluding carboxylic acids is 1. The van der Waals surface area contributed by atoms with Gasteiger partial charge in [-0.1, -0.05) is 6.07 Å². The number of amides is 1. The van der Waals surface area contributed by atoms with Gasteiger partial charge in [-0.3, -0.25) is 4.79 Å². The molecule has 1 N–H and O–H groups in total. The third-order valence-corrected chi connectivity index (χ3v) is 4.14. The second kappa shape index (κ2) is 7.29. The third-order valence-electron chi connectivity index (χ3n) is 4.14. The van der Waals surface area contributed by atoms with E-state index in [-0.39, 0.29) is 5.91 Å². The van der Waals surface area contributed by atoms with Gasteiger partial charge in [-0.25, -0.2) is 4.79 Å². The second-order valence-electron chi connectivity index (χ2n) is 5.78. The summed E-state index contributed by atoms with van der Waals surface area (Å²) in [5.41, 5.74) is 2.39. The van der Waals surface area contributed by atoms with Crippen LogP contribution in [0, 0.1) is 13.8 Å². The number of likely N-dealkylation sites (tertiary alicyclic amines) is 1. The van der Waals surface area contributed by atoms with Crippen molar-refractivity contribution in [3.63, 3.8) is 0 Å². The quantitative estimate of drug-likeness (QED) is 0.820. The fourth-order valence-corrected chi connectivity index (χ4v) is 2.68. The summed E-state index contributed by atoms with van der Waals surface area (Å²) < 4.78 is 5.64. The first kappa shape index (κ1) is 16.3. The maximum Gasteiger partial charge on any atom is 0.326 e. The van der Waals surface area contributed by atoms with Crippen LogP contribution in [0.2, 0.25) is 0 Å². The van der Waals surface area contributed by atoms with E-state index in [9.17, 15) is 9.59 Å². The highest BCUT2D eigenvalue weighted by molar-refractivity contribution is 5.84. The van der Waals surface area contributed by atoms with Crippen molar-refractivity contribution in [2.24, 2.45) is 0 Å². The number of carboxylic acid groups (broad SMARTS) is 1. The molecule has 1 fully saturated rings. The van der Waals surface area contributed by atoms with Crippen LogP contribution in [0.5, 0.6) is 5.75 Å². The number of aryl methyl sites for hydroxylation is 2. The Balaban J connectivity index is 1.75. The number of nitrogens with zero attached hydrogens (tertiary/aromatic N) is 1. The van der Waals surface area contributed by atoms with E-state index in [1.165, 1.54) is 16.0 Å². The van der Waals surface area contributed by atoms with Crippen LogP contribution in [0.1, 0.15) is 36.8 Å². The highest BCUT2D eigenvalue weighted by atomic mass is 16.5. The topological polar surface area (TPSA) is 66.8 Å². The average Bonchev–Trinajstić information content (AvgIpc) is 2.97. The van der Waals surface area contributed by atoms with E-state index in [0.29, 0.717) is 32.4 Å². The lowest BCUT2D eigenvalue weighted by Gasteiger charge is -2.21. The highest BCUT2D eigenvalue weighted by Crippen LogP contribution is 2.19. The molecule has 0 unspecified atom stereocenters. The van der Waals surface area contributed by atoms with Crippen LogP contribution in [0.4, 0.5) is 0 Å². The Morgan fingerprint density at radius 3 is 2.77 bits per heavy atom. The Hall–Kier alpha value is -2.04. The van der Waals surface area contributed by atoms with Crippen LogP contribution >= 0.6 is 0 Å². The molecule has 2 rings (SSSR count). The summed E-state index contributed by atoms with van der Waals surface area (Å²) in [6.07, 6.45) is 2.24. The first-order chi connectivity index (χ1) is 10.5. The smallest absolute Gasteiger partial charge is 0.326 e. The molecule has 5 nitrogen and oxygen atoms in total. The number of hydrogen-bond acceptors (Lipinski definition) is 3. The van der Waals surface area contributed by atoms with Gasteiger partial charge in [0, 0.05) is 13.0 Å². The minimum absolute atomic E-state index is 0.0893. The predicted molar refractivity (Wildman–Crippen MR) is 83.0 cm³/mol. The van der Waals surface area contributed by atoms with Gasteiger partial charge in [0.2, 0.25) is 5.91 Å². The van der Waals surface area contributed by atoms with E-state index < -0.39 is 12.0 Å². The molecule has 1 aliphatic rings. The van der Waals surface area contributed by atoms with E-state index in [1.807, 2.05) is 32.0 Å². The Labute approximate surface area is 130 Å². The van der Waals surface area contributed by atoms with Crippen molar-refractivity contribution in [3.8, 4) is 5.75 Å². The predicted octanol–water partition coefficient (Wildman–Crippen LogP) is 2.54. The largest absolute Gasteiger partial charge is 0.494 e. The molecule has 0 saturated carbocycles. The molecule has 120 valence electrons. The summed E-state index contributed by atoms with van der Waals surface area (Å²) >= 11 is 0. The summed E-state index contributed by atoms with van der Waals surface area (Å²) in [6.45, 7) is 5.09. The molecule has 1 amide bonds. The molecule has 0 spiro atoms. The second-order valence-corrected chi connectivity index (χ2v) is 5.78. The molecule has 1 aromatic carbocycles. The van der Waals surface area contributed by atoms with Gasteiger partial charge in [0.25, 0.3) is 0 Å². The Kier molecular flexibility index (Phi) is 5.41. The van der Waals surface area contributed by atoms with Crippen molar-refractivity contribution >= 4 is 11.9 Å². The van der Waals surface area contributed by atoms with E-state index in [4.69, 9.17) is 9.84 Å². The molecule has 1 saturated heterocycles. The van der Waals surface area contributed by atoms with Crippen molar-refractivity contribution < 1.29 is 19.4 Å². The van der Waals surface area contributed by atoms with E-state index in [1.54, 1.807) is 0 Å². The maximum absolute atomic E-state index is 12.1. The lowest BCUT2D eigenvalue weighted by Crippen LogP contribution is -2.40. The summed E-state index contributed by atoms with van der Waals surface area (Å²) in [5, 5.41) is 9.08. The molecule has 0 aliphatic carbocycles. The first-order valence-corrected chi connectivity index (χ1v) is 7.71. The molecule has 1 aromatic rings. The highest BCUT2D eigenvalue weighted by Gasteiger charge is 2.33. The van der Waals surface area contributed by atoms with Crippen LogP contribution in [0.25, 0.3) is 0 Å². The minimum Gasteiger partial charge on any atom is -0.494 e. The molecular formula is C17H23NO4. The number of rotatable bonds is 6. The lowest BCUT2D eigenvalue weighted by atomic mass is 10.1. The number of hydrogen-bond donors (Lipinski definition) is 1. The molecule has 0 radical (unpaired) electrons. The third kappa shape index (κ3) is 4.00. The van der Waals surface area contributed by atoms with Crippen molar-refractivity contribution in [3.05, 3.63) is 29.3 Å². The lowest BCUT2D eigenvalue weighted by molar-refractivity contribution is -0.148. The standard InChI is InChI=1S/C17H23NO4/c1-12-7-8-14(11-13(12)2)22-10-4-6-16(19)18-9-3-5-15(18)17(20)21/h7-8,11,15H,3-6,9-10H2,1-2H3,(H,20,21)/t15-/m1/s1. The van der Waals surface area contributed by atoms with Gasteiger partial charge in [-0.05, 0) is 56.4 Å². The Morgan fingerprint density at radius 2 is 2.09 bits per heavy atom. The van der Waals surface area contributed by atoms with Crippen molar-refractivity contribution in [1.82, 2.24) is 4.90 Å². The fraction of sp³-hybridized carbons (Fsp3) is 0.529. The molecule has 22 heavy (non-hydrogen) atoms. The fourth-order valence-electron chi connectivity index (χ4n) is 2.68. The maximum atomic E-state index is 12.1. The number of aliphatic carboxylic acids is 1. The van der Waals surface area contributed by atoms with Crippen LogP contribution in [-0.4, -0.2) is 41.1 Å². The zero-order chi connectivity index (χ0) is 16.1. The van der Waals surface area contributed by atoms with E-state index in [2.05, 4.69) is 0 Å².